The highest BCUT2D eigenvalue weighted by atomic mass is 35.5. The third kappa shape index (κ3) is 4.90. The third-order valence-corrected chi connectivity index (χ3v) is 8.31. The zero-order valence-electron chi connectivity index (χ0n) is 19.6. The maximum Gasteiger partial charge on any atom is 0.354 e. The number of rotatable bonds is 8. The van der Waals surface area contributed by atoms with Crippen LogP contribution in [0.25, 0.3) is 0 Å². The van der Waals surface area contributed by atoms with E-state index in [0.717, 1.165) is 36.1 Å². The minimum atomic E-state index is -1.03. The summed E-state index contributed by atoms with van der Waals surface area (Å²) in [5, 5.41) is 15.2. The molecule has 37 heavy (non-hydrogen) atoms. The Morgan fingerprint density at radius 2 is 1.81 bits per heavy atom. The Hall–Kier alpha value is -2.80. The van der Waals surface area contributed by atoms with Crippen molar-refractivity contribution in [2.75, 3.05) is 6.61 Å². The molecule has 6 rings (SSSR count). The normalized spacial score (nSPS) is 24.4. The molecule has 1 aromatic heterocycles. The van der Waals surface area contributed by atoms with E-state index in [0.29, 0.717) is 38.9 Å². The molecule has 1 N–H and O–H groups in total. The highest BCUT2D eigenvalue weighted by Gasteiger charge is 2.46. The number of carboxylic acids is 1. The van der Waals surface area contributed by atoms with Gasteiger partial charge in [-0.2, -0.15) is 0 Å². The number of nitrogens with zero attached hydrogens (tertiary/aromatic N) is 2. The van der Waals surface area contributed by atoms with Crippen LogP contribution in [0.5, 0.6) is 5.75 Å². The van der Waals surface area contributed by atoms with Crippen molar-refractivity contribution >= 4 is 46.5 Å². The van der Waals surface area contributed by atoms with Gasteiger partial charge in [0.1, 0.15) is 29.9 Å². The first-order valence-electron chi connectivity index (χ1n) is 12.2. The second-order valence-corrected chi connectivity index (χ2v) is 11.0. The second-order valence-electron chi connectivity index (χ2n) is 9.81. The van der Waals surface area contributed by atoms with Crippen molar-refractivity contribution in [3.8, 4) is 5.75 Å². The van der Waals surface area contributed by atoms with Crippen LogP contribution in [0.4, 0.5) is 0 Å². The molecule has 1 aliphatic heterocycles. The van der Waals surface area contributed by atoms with E-state index in [2.05, 4.69) is 10.1 Å². The van der Waals surface area contributed by atoms with E-state index in [4.69, 9.17) is 49.5 Å². The molecular weight excluding hydrogens is 535 g/mol. The van der Waals surface area contributed by atoms with Gasteiger partial charge < -0.3 is 14.7 Å². The molecule has 0 bridgehead atoms. The molecule has 0 saturated heterocycles. The number of ether oxygens (including phenoxy) is 1. The Morgan fingerprint density at radius 3 is 2.46 bits per heavy atom. The highest BCUT2D eigenvalue weighted by molar-refractivity contribution is 6.40. The van der Waals surface area contributed by atoms with Crippen molar-refractivity contribution in [3.63, 3.8) is 0 Å². The molecule has 2 aromatic carbocycles. The quantitative estimate of drug-likeness (QED) is 0.316. The SMILES string of the molecule is O=C(O)c1ccc(C2CC2c2ccc(OCC3C(c4c(Cl)cccc4Cl)=NOC3C3CC3)cc2Cl)cn1. The van der Waals surface area contributed by atoms with Crippen LogP contribution in [0.3, 0.4) is 0 Å². The van der Waals surface area contributed by atoms with Crippen LogP contribution in [0.1, 0.15) is 58.3 Å². The second kappa shape index (κ2) is 9.82. The first-order valence-corrected chi connectivity index (χ1v) is 13.3. The Balaban J connectivity index is 1.15. The maximum atomic E-state index is 11.1. The van der Waals surface area contributed by atoms with E-state index in [9.17, 15) is 4.79 Å². The molecular formula is C28H23Cl3N2O4. The summed E-state index contributed by atoms with van der Waals surface area (Å²) in [4.78, 5) is 20.9. The molecule has 4 atom stereocenters. The summed E-state index contributed by atoms with van der Waals surface area (Å²) in [7, 11) is 0. The van der Waals surface area contributed by atoms with E-state index in [1.165, 1.54) is 0 Å². The molecule has 6 nitrogen and oxygen atoms in total. The monoisotopic (exact) mass is 556 g/mol. The number of oxime groups is 1. The molecule has 0 radical (unpaired) electrons. The number of halogens is 3. The molecule has 9 heteroatoms. The van der Waals surface area contributed by atoms with Gasteiger partial charge in [0.15, 0.2) is 0 Å². The Bertz CT molecular complexity index is 1370. The number of benzene rings is 2. The number of aromatic carboxylic acids is 1. The molecule has 0 amide bonds. The van der Waals surface area contributed by atoms with E-state index < -0.39 is 5.97 Å². The average Bonchev–Trinajstić information content (AvgIpc) is 3.81. The summed E-state index contributed by atoms with van der Waals surface area (Å²) >= 11 is 19.6. The van der Waals surface area contributed by atoms with Crippen molar-refractivity contribution in [1.82, 2.24) is 4.98 Å². The fourth-order valence-corrected chi connectivity index (χ4v) is 6.05. The summed E-state index contributed by atoms with van der Waals surface area (Å²) in [6, 6.07) is 14.6. The van der Waals surface area contributed by atoms with Gasteiger partial charge in [0.05, 0.1) is 16.0 Å². The molecule has 3 aromatic rings. The minimum Gasteiger partial charge on any atom is -0.493 e. The number of carbonyl (C=O) groups is 1. The number of aromatic nitrogens is 1. The van der Waals surface area contributed by atoms with Gasteiger partial charge in [-0.1, -0.05) is 58.2 Å². The summed E-state index contributed by atoms with van der Waals surface area (Å²) in [5.74, 6) is 0.532. The molecule has 2 aliphatic carbocycles. The zero-order valence-corrected chi connectivity index (χ0v) is 21.9. The van der Waals surface area contributed by atoms with E-state index in [1.807, 2.05) is 30.3 Å². The van der Waals surface area contributed by atoms with Crippen molar-refractivity contribution in [2.45, 2.75) is 37.2 Å². The molecule has 2 saturated carbocycles. The lowest BCUT2D eigenvalue weighted by molar-refractivity contribution is 0.0340. The van der Waals surface area contributed by atoms with Crippen LogP contribution in [-0.4, -0.2) is 34.5 Å². The van der Waals surface area contributed by atoms with Gasteiger partial charge in [-0.25, -0.2) is 9.78 Å². The van der Waals surface area contributed by atoms with Gasteiger partial charge in [0.2, 0.25) is 0 Å². The predicted molar refractivity (Wildman–Crippen MR) is 142 cm³/mol. The Labute approximate surface area is 229 Å². The topological polar surface area (TPSA) is 81.0 Å². The first kappa shape index (κ1) is 24.5. The van der Waals surface area contributed by atoms with Crippen LogP contribution in [-0.2, 0) is 4.84 Å². The van der Waals surface area contributed by atoms with E-state index >= 15 is 0 Å². The summed E-state index contributed by atoms with van der Waals surface area (Å²) in [6.07, 6.45) is 4.74. The lowest BCUT2D eigenvalue weighted by atomic mass is 9.90. The van der Waals surface area contributed by atoms with Crippen LogP contribution in [0.15, 0.2) is 59.9 Å². The zero-order chi connectivity index (χ0) is 25.7. The van der Waals surface area contributed by atoms with E-state index in [-0.39, 0.29) is 29.6 Å². The van der Waals surface area contributed by atoms with Crippen molar-refractivity contribution in [2.24, 2.45) is 17.0 Å². The van der Waals surface area contributed by atoms with E-state index in [1.54, 1.807) is 24.4 Å². The smallest absolute Gasteiger partial charge is 0.354 e. The number of carboxylic acid groups (broad SMARTS) is 1. The molecule has 3 aliphatic rings. The average molecular weight is 558 g/mol. The van der Waals surface area contributed by atoms with Gasteiger partial charge in [0.25, 0.3) is 0 Å². The standard InChI is InChI=1S/C28H23Cl3N2O4/c29-21-2-1-3-22(30)25(21)26-20(27(37-33-26)14-4-5-14)13-36-16-7-8-17(23(31)10-16)19-11-18(19)15-6-9-24(28(34)35)32-12-15/h1-3,6-10,12,14,18-20,27H,4-5,11,13H2,(H,34,35). The summed E-state index contributed by atoms with van der Waals surface area (Å²) < 4.78 is 6.22. The lowest BCUT2D eigenvalue weighted by Gasteiger charge is -2.20. The fraction of sp³-hybridized carbons (Fsp3) is 0.321. The van der Waals surface area contributed by atoms with Gasteiger partial charge in [-0.05, 0) is 78.5 Å². The molecule has 4 unspecified atom stereocenters. The first-order chi connectivity index (χ1) is 17.9. The lowest BCUT2D eigenvalue weighted by Crippen LogP contribution is -2.31. The van der Waals surface area contributed by atoms with Crippen LogP contribution >= 0.6 is 34.8 Å². The number of hydrogen-bond donors (Lipinski definition) is 1. The Kier molecular flexibility index (Phi) is 6.51. The predicted octanol–water partition coefficient (Wildman–Crippen LogP) is 7.22. The van der Waals surface area contributed by atoms with Crippen molar-refractivity contribution in [1.29, 1.82) is 0 Å². The fourth-order valence-electron chi connectivity index (χ4n) is 5.14. The highest BCUT2D eigenvalue weighted by Crippen LogP contribution is 2.56. The van der Waals surface area contributed by atoms with Gasteiger partial charge >= 0.3 is 5.97 Å². The van der Waals surface area contributed by atoms with Crippen LogP contribution in [0, 0.1) is 11.8 Å². The molecule has 2 fully saturated rings. The van der Waals surface area contributed by atoms with Gasteiger partial charge in [-0.15, -0.1) is 0 Å². The minimum absolute atomic E-state index is 0.0436. The molecule has 190 valence electrons. The molecule has 0 spiro atoms. The van der Waals surface area contributed by atoms with Crippen molar-refractivity contribution in [3.05, 3.63) is 92.2 Å². The van der Waals surface area contributed by atoms with Gasteiger partial charge in [0, 0.05) is 16.8 Å². The third-order valence-electron chi connectivity index (χ3n) is 7.35. The number of pyridine rings is 1. The van der Waals surface area contributed by atoms with Crippen molar-refractivity contribution < 1.29 is 19.5 Å². The number of hydrogen-bond acceptors (Lipinski definition) is 5. The van der Waals surface area contributed by atoms with Crippen LogP contribution < -0.4 is 4.74 Å². The summed E-state index contributed by atoms with van der Waals surface area (Å²) in [6.45, 7) is 0.366. The van der Waals surface area contributed by atoms with Crippen LogP contribution in [0.2, 0.25) is 15.1 Å². The largest absolute Gasteiger partial charge is 0.493 e. The maximum absolute atomic E-state index is 11.1. The summed E-state index contributed by atoms with van der Waals surface area (Å²) in [5.41, 5.74) is 3.53. The van der Waals surface area contributed by atoms with Gasteiger partial charge in [-0.3, -0.25) is 0 Å². The molecule has 2 heterocycles. The Morgan fingerprint density at radius 1 is 1.03 bits per heavy atom.